The van der Waals surface area contributed by atoms with Crippen LogP contribution in [-0.2, 0) is 9.53 Å². The van der Waals surface area contributed by atoms with Crippen molar-refractivity contribution in [2.45, 2.75) is 0 Å². The fourth-order valence-corrected chi connectivity index (χ4v) is 3.10. The topological polar surface area (TPSA) is 49.9 Å². The van der Waals surface area contributed by atoms with Gasteiger partial charge in [-0.15, -0.1) is 0 Å². The van der Waals surface area contributed by atoms with E-state index in [9.17, 15) is 18.4 Å². The molecule has 0 spiro atoms. The van der Waals surface area contributed by atoms with Crippen LogP contribution >= 0.6 is 11.6 Å². The fraction of sp³-hybridized carbons (Fsp3) is 0.263. The normalized spacial score (nSPS) is 14.2. The predicted molar refractivity (Wildman–Crippen MR) is 96.9 cm³/mol. The SMILES string of the molecule is O=C(OCC(=O)N1CCN(c2ccccc2F)CC1)c1ccc(F)cc1Cl. The molecule has 1 aliphatic heterocycles. The van der Waals surface area contributed by atoms with Gasteiger partial charge in [0, 0.05) is 26.2 Å². The first-order valence-corrected chi connectivity index (χ1v) is 8.73. The molecule has 142 valence electrons. The fourth-order valence-electron chi connectivity index (χ4n) is 2.86. The van der Waals surface area contributed by atoms with Crippen LogP contribution in [0.3, 0.4) is 0 Å². The van der Waals surface area contributed by atoms with Crippen LogP contribution in [0, 0.1) is 11.6 Å². The molecule has 2 aromatic carbocycles. The van der Waals surface area contributed by atoms with Crippen LogP contribution in [0.5, 0.6) is 0 Å². The molecule has 0 N–H and O–H groups in total. The number of rotatable bonds is 4. The molecule has 5 nitrogen and oxygen atoms in total. The summed E-state index contributed by atoms with van der Waals surface area (Å²) >= 11 is 5.80. The quantitative estimate of drug-likeness (QED) is 0.748. The molecule has 1 saturated heterocycles. The van der Waals surface area contributed by atoms with Gasteiger partial charge in [0.25, 0.3) is 5.91 Å². The number of nitrogens with zero attached hydrogens (tertiary/aromatic N) is 2. The van der Waals surface area contributed by atoms with Gasteiger partial charge in [-0.2, -0.15) is 0 Å². The van der Waals surface area contributed by atoms with Gasteiger partial charge < -0.3 is 14.5 Å². The highest BCUT2D eigenvalue weighted by atomic mass is 35.5. The van der Waals surface area contributed by atoms with Crippen LogP contribution in [-0.4, -0.2) is 49.6 Å². The lowest BCUT2D eigenvalue weighted by molar-refractivity contribution is -0.134. The number of halogens is 3. The average molecular weight is 395 g/mol. The molecule has 1 amide bonds. The molecular formula is C19H17ClF2N2O3. The minimum Gasteiger partial charge on any atom is -0.452 e. The Balaban J connectivity index is 1.51. The van der Waals surface area contributed by atoms with E-state index in [1.165, 1.54) is 12.1 Å². The van der Waals surface area contributed by atoms with Gasteiger partial charge in [0.1, 0.15) is 11.6 Å². The first-order chi connectivity index (χ1) is 13.0. The number of hydrogen-bond donors (Lipinski definition) is 0. The van der Waals surface area contributed by atoms with E-state index in [0.29, 0.717) is 31.9 Å². The summed E-state index contributed by atoms with van der Waals surface area (Å²) in [4.78, 5) is 27.7. The molecule has 2 aromatic rings. The minimum absolute atomic E-state index is 0.00441. The molecule has 0 aliphatic carbocycles. The van der Waals surface area contributed by atoms with E-state index in [-0.39, 0.29) is 22.3 Å². The highest BCUT2D eigenvalue weighted by Crippen LogP contribution is 2.21. The van der Waals surface area contributed by atoms with Crippen LogP contribution in [0.2, 0.25) is 5.02 Å². The van der Waals surface area contributed by atoms with Crippen molar-refractivity contribution < 1.29 is 23.1 Å². The van der Waals surface area contributed by atoms with Crippen LogP contribution in [0.15, 0.2) is 42.5 Å². The van der Waals surface area contributed by atoms with Gasteiger partial charge in [0.05, 0.1) is 16.3 Å². The largest absolute Gasteiger partial charge is 0.452 e. The van der Waals surface area contributed by atoms with Gasteiger partial charge in [-0.25, -0.2) is 13.6 Å². The summed E-state index contributed by atoms with van der Waals surface area (Å²) in [6.07, 6.45) is 0. The molecule has 0 unspecified atom stereocenters. The number of para-hydroxylation sites is 1. The maximum absolute atomic E-state index is 13.8. The Kier molecular flexibility index (Phi) is 5.91. The van der Waals surface area contributed by atoms with E-state index in [1.807, 2.05) is 4.90 Å². The highest BCUT2D eigenvalue weighted by Gasteiger charge is 2.24. The Bertz CT molecular complexity index is 855. The first kappa shape index (κ1) is 19.1. The number of carbonyl (C=O) groups excluding carboxylic acids is 2. The molecular weight excluding hydrogens is 378 g/mol. The Morgan fingerprint density at radius 2 is 1.74 bits per heavy atom. The molecule has 1 aliphatic rings. The number of anilines is 1. The molecule has 27 heavy (non-hydrogen) atoms. The lowest BCUT2D eigenvalue weighted by Crippen LogP contribution is -2.50. The van der Waals surface area contributed by atoms with E-state index in [4.69, 9.17) is 16.3 Å². The van der Waals surface area contributed by atoms with Crippen LogP contribution in [0.25, 0.3) is 0 Å². The Morgan fingerprint density at radius 3 is 2.41 bits per heavy atom. The summed E-state index contributed by atoms with van der Waals surface area (Å²) < 4.78 is 31.9. The van der Waals surface area contributed by atoms with Crippen molar-refractivity contribution in [1.82, 2.24) is 4.90 Å². The lowest BCUT2D eigenvalue weighted by atomic mass is 10.2. The van der Waals surface area contributed by atoms with Crippen molar-refractivity contribution in [2.24, 2.45) is 0 Å². The molecule has 0 aromatic heterocycles. The molecule has 1 fully saturated rings. The van der Waals surface area contributed by atoms with Crippen LogP contribution < -0.4 is 4.90 Å². The zero-order valence-corrected chi connectivity index (χ0v) is 15.1. The zero-order valence-electron chi connectivity index (χ0n) is 14.3. The minimum atomic E-state index is -0.793. The number of ether oxygens (including phenoxy) is 1. The number of benzene rings is 2. The van der Waals surface area contributed by atoms with Crippen molar-refractivity contribution in [3.8, 4) is 0 Å². The monoisotopic (exact) mass is 394 g/mol. The Labute approximate surface area is 160 Å². The van der Waals surface area contributed by atoms with Crippen molar-refractivity contribution in [1.29, 1.82) is 0 Å². The first-order valence-electron chi connectivity index (χ1n) is 8.35. The molecule has 1 heterocycles. The van der Waals surface area contributed by atoms with E-state index in [1.54, 1.807) is 23.1 Å². The Hall–Kier alpha value is -2.67. The van der Waals surface area contributed by atoms with Gasteiger partial charge in [-0.05, 0) is 30.3 Å². The van der Waals surface area contributed by atoms with E-state index < -0.39 is 18.4 Å². The summed E-state index contributed by atoms with van der Waals surface area (Å²) in [7, 11) is 0. The maximum Gasteiger partial charge on any atom is 0.340 e. The van der Waals surface area contributed by atoms with Crippen LogP contribution in [0.1, 0.15) is 10.4 Å². The molecule has 0 radical (unpaired) electrons. The molecule has 8 heteroatoms. The summed E-state index contributed by atoms with van der Waals surface area (Å²) in [5.74, 6) is -2.02. The highest BCUT2D eigenvalue weighted by molar-refractivity contribution is 6.33. The predicted octanol–water partition coefficient (Wildman–Crippen LogP) is 3.12. The summed E-state index contributed by atoms with van der Waals surface area (Å²) in [5.41, 5.74) is 0.497. The van der Waals surface area contributed by atoms with Crippen molar-refractivity contribution in [2.75, 3.05) is 37.7 Å². The van der Waals surface area contributed by atoms with Crippen LogP contribution in [0.4, 0.5) is 14.5 Å². The average Bonchev–Trinajstić information content (AvgIpc) is 2.66. The van der Waals surface area contributed by atoms with Gasteiger partial charge in [0.15, 0.2) is 6.61 Å². The summed E-state index contributed by atoms with van der Waals surface area (Å²) in [6, 6.07) is 9.77. The second kappa shape index (κ2) is 8.35. The van der Waals surface area contributed by atoms with E-state index in [0.717, 1.165) is 12.1 Å². The van der Waals surface area contributed by atoms with E-state index in [2.05, 4.69) is 0 Å². The molecule has 3 rings (SSSR count). The third-order valence-electron chi connectivity index (χ3n) is 4.30. The smallest absolute Gasteiger partial charge is 0.340 e. The zero-order chi connectivity index (χ0) is 19.4. The lowest BCUT2D eigenvalue weighted by Gasteiger charge is -2.36. The third-order valence-corrected chi connectivity index (χ3v) is 4.62. The number of esters is 1. The van der Waals surface area contributed by atoms with Gasteiger partial charge in [0.2, 0.25) is 0 Å². The summed E-state index contributed by atoms with van der Waals surface area (Å²) in [5, 5.41) is -0.0778. The molecule has 0 atom stereocenters. The number of carbonyl (C=O) groups is 2. The summed E-state index contributed by atoms with van der Waals surface area (Å²) in [6.45, 7) is 1.30. The number of piperazine rings is 1. The van der Waals surface area contributed by atoms with Gasteiger partial charge >= 0.3 is 5.97 Å². The van der Waals surface area contributed by atoms with Crippen molar-refractivity contribution in [3.63, 3.8) is 0 Å². The van der Waals surface area contributed by atoms with Gasteiger partial charge in [-0.1, -0.05) is 23.7 Å². The van der Waals surface area contributed by atoms with Gasteiger partial charge in [-0.3, -0.25) is 4.79 Å². The van der Waals surface area contributed by atoms with E-state index >= 15 is 0 Å². The maximum atomic E-state index is 13.8. The number of amides is 1. The second-order valence-electron chi connectivity index (χ2n) is 6.02. The molecule has 0 saturated carbocycles. The van der Waals surface area contributed by atoms with Crippen molar-refractivity contribution in [3.05, 3.63) is 64.7 Å². The van der Waals surface area contributed by atoms with Crippen molar-refractivity contribution >= 4 is 29.2 Å². The number of hydrogen-bond acceptors (Lipinski definition) is 4. The molecule has 0 bridgehead atoms. The third kappa shape index (κ3) is 4.54. The second-order valence-corrected chi connectivity index (χ2v) is 6.43. The standard InChI is InChI=1S/C19H17ClF2N2O3/c20-15-11-13(21)5-6-14(15)19(26)27-12-18(25)24-9-7-23(8-10-24)17-4-2-1-3-16(17)22/h1-6,11H,7-10,12H2. The Morgan fingerprint density at radius 1 is 1.04 bits per heavy atom.